The molecule has 0 spiro atoms. The fraction of sp³-hybridized carbons (Fsp3) is 0.588. The van der Waals surface area contributed by atoms with Crippen LogP contribution < -0.4 is 15.8 Å². The van der Waals surface area contributed by atoms with Crippen molar-refractivity contribution in [2.75, 3.05) is 0 Å². The highest BCUT2D eigenvalue weighted by atomic mass is 16.5. The molecule has 2 rings (SSSR count). The molecular formula is C17H26N2O2. The Balaban J connectivity index is 1.97. The first-order chi connectivity index (χ1) is 9.93. The average molecular weight is 290 g/mol. The number of hydrogen-bond acceptors (Lipinski definition) is 3. The molecule has 0 radical (unpaired) electrons. The maximum Gasteiger partial charge on any atom is 0.237 e. The Labute approximate surface area is 127 Å². The van der Waals surface area contributed by atoms with Gasteiger partial charge in [-0.05, 0) is 50.8 Å². The zero-order chi connectivity index (χ0) is 15.5. The first kappa shape index (κ1) is 15.8. The topological polar surface area (TPSA) is 64.3 Å². The second-order valence-corrected chi connectivity index (χ2v) is 6.25. The van der Waals surface area contributed by atoms with Crippen LogP contribution in [0.2, 0.25) is 0 Å². The van der Waals surface area contributed by atoms with Crippen LogP contribution in [0.4, 0.5) is 0 Å². The van der Waals surface area contributed by atoms with E-state index >= 15 is 0 Å². The molecule has 0 bridgehead atoms. The minimum atomic E-state index is -0.705. The van der Waals surface area contributed by atoms with Crippen molar-refractivity contribution in [1.29, 1.82) is 0 Å². The monoisotopic (exact) mass is 290 g/mol. The Morgan fingerprint density at radius 1 is 1.52 bits per heavy atom. The third kappa shape index (κ3) is 4.46. The van der Waals surface area contributed by atoms with E-state index in [-0.39, 0.29) is 12.0 Å². The van der Waals surface area contributed by atoms with Gasteiger partial charge in [-0.2, -0.15) is 0 Å². The van der Waals surface area contributed by atoms with E-state index in [2.05, 4.69) is 18.3 Å². The lowest BCUT2D eigenvalue weighted by atomic mass is 9.93. The highest BCUT2D eigenvalue weighted by Crippen LogP contribution is 2.26. The molecule has 1 aromatic carbocycles. The molecule has 2 unspecified atom stereocenters. The molecule has 4 nitrogen and oxygen atoms in total. The molecule has 116 valence electrons. The van der Waals surface area contributed by atoms with Gasteiger partial charge in [0.25, 0.3) is 0 Å². The lowest BCUT2D eigenvalue weighted by Gasteiger charge is -2.30. The van der Waals surface area contributed by atoms with Gasteiger partial charge in [0.2, 0.25) is 5.91 Å². The van der Waals surface area contributed by atoms with Crippen molar-refractivity contribution in [1.82, 2.24) is 5.32 Å². The van der Waals surface area contributed by atoms with Crippen LogP contribution in [0.5, 0.6) is 5.75 Å². The molecule has 21 heavy (non-hydrogen) atoms. The Hall–Kier alpha value is -1.55. The number of benzene rings is 1. The van der Waals surface area contributed by atoms with Gasteiger partial charge in [0.15, 0.2) is 0 Å². The molecule has 1 fully saturated rings. The number of nitrogens with one attached hydrogen (secondary N) is 1. The van der Waals surface area contributed by atoms with Crippen LogP contribution >= 0.6 is 0 Å². The van der Waals surface area contributed by atoms with E-state index < -0.39 is 5.54 Å². The van der Waals surface area contributed by atoms with E-state index in [9.17, 15) is 4.79 Å². The van der Waals surface area contributed by atoms with E-state index in [0.29, 0.717) is 12.5 Å². The van der Waals surface area contributed by atoms with Gasteiger partial charge in [0.1, 0.15) is 5.75 Å². The molecule has 0 heterocycles. The van der Waals surface area contributed by atoms with E-state index in [1.807, 2.05) is 32.0 Å². The lowest BCUT2D eigenvalue weighted by Crippen LogP contribution is -2.55. The maximum atomic E-state index is 11.8. The summed E-state index contributed by atoms with van der Waals surface area (Å²) >= 11 is 0. The second-order valence-electron chi connectivity index (χ2n) is 6.25. The Bertz CT molecular complexity index is 499. The summed E-state index contributed by atoms with van der Waals surface area (Å²) in [5, 5.41) is 3.35. The van der Waals surface area contributed by atoms with Crippen LogP contribution in [-0.2, 0) is 11.2 Å². The summed E-state index contributed by atoms with van der Waals surface area (Å²) in [7, 11) is 0. The van der Waals surface area contributed by atoms with Gasteiger partial charge in [-0.1, -0.05) is 19.1 Å². The van der Waals surface area contributed by atoms with Crippen molar-refractivity contribution >= 4 is 5.91 Å². The van der Waals surface area contributed by atoms with Crippen molar-refractivity contribution in [3.8, 4) is 5.75 Å². The highest BCUT2D eigenvalue weighted by Gasteiger charge is 2.38. The van der Waals surface area contributed by atoms with Gasteiger partial charge >= 0.3 is 0 Å². The molecule has 0 aromatic heterocycles. The summed E-state index contributed by atoms with van der Waals surface area (Å²) in [5.41, 5.74) is 6.12. The minimum absolute atomic E-state index is 0.0825. The molecule has 1 saturated carbocycles. The molecule has 2 atom stereocenters. The van der Waals surface area contributed by atoms with Crippen molar-refractivity contribution in [2.45, 2.75) is 64.1 Å². The number of carbonyl (C=O) groups excluding carboxylic acids is 1. The van der Waals surface area contributed by atoms with Crippen molar-refractivity contribution in [3.63, 3.8) is 0 Å². The van der Waals surface area contributed by atoms with Gasteiger partial charge < -0.3 is 15.8 Å². The fourth-order valence-electron chi connectivity index (χ4n) is 2.60. The summed E-state index contributed by atoms with van der Waals surface area (Å²) in [5.74, 6) is 0.534. The van der Waals surface area contributed by atoms with E-state index in [1.165, 1.54) is 5.56 Å². The van der Waals surface area contributed by atoms with Gasteiger partial charge in [-0.3, -0.25) is 4.79 Å². The highest BCUT2D eigenvalue weighted by molar-refractivity contribution is 5.84. The largest absolute Gasteiger partial charge is 0.491 e. The number of ether oxygens (including phenoxy) is 1. The first-order valence-electron chi connectivity index (χ1n) is 7.76. The van der Waals surface area contributed by atoms with E-state index in [1.54, 1.807) is 0 Å². The zero-order valence-electron chi connectivity index (χ0n) is 13.2. The third-order valence-electron chi connectivity index (χ3n) is 3.98. The number of carbonyl (C=O) groups is 1. The Morgan fingerprint density at radius 3 is 2.81 bits per heavy atom. The number of primary amides is 1. The molecule has 1 aromatic rings. The summed E-state index contributed by atoms with van der Waals surface area (Å²) < 4.78 is 5.96. The Kier molecular flexibility index (Phi) is 4.88. The standard InChI is InChI=1S/C17H26N2O2/c1-4-13-6-5-7-15(10-13)21-12(2)11-17(3,16(18)20)19-14-8-9-14/h5-7,10,12,14,19H,4,8-9,11H2,1-3H3,(H2,18,20). The van der Waals surface area contributed by atoms with Crippen LogP contribution in [0, 0.1) is 0 Å². The van der Waals surface area contributed by atoms with Crippen molar-refractivity contribution in [3.05, 3.63) is 29.8 Å². The molecule has 0 aliphatic heterocycles. The molecule has 1 amide bonds. The second kappa shape index (κ2) is 6.48. The van der Waals surface area contributed by atoms with Crippen LogP contribution in [0.15, 0.2) is 24.3 Å². The number of rotatable bonds is 8. The SMILES string of the molecule is CCc1cccc(OC(C)CC(C)(NC2CC2)C(N)=O)c1. The quantitative estimate of drug-likeness (QED) is 0.772. The van der Waals surface area contributed by atoms with Crippen molar-refractivity contribution in [2.24, 2.45) is 5.73 Å². The first-order valence-corrected chi connectivity index (χ1v) is 7.76. The number of nitrogens with two attached hydrogens (primary N) is 1. The fourth-order valence-corrected chi connectivity index (χ4v) is 2.60. The van der Waals surface area contributed by atoms with Crippen LogP contribution in [0.3, 0.4) is 0 Å². The molecule has 0 saturated heterocycles. The van der Waals surface area contributed by atoms with Crippen LogP contribution in [0.1, 0.15) is 45.6 Å². The minimum Gasteiger partial charge on any atom is -0.491 e. The molecule has 1 aliphatic rings. The smallest absolute Gasteiger partial charge is 0.237 e. The van der Waals surface area contributed by atoms with E-state index in [4.69, 9.17) is 10.5 Å². The summed E-state index contributed by atoms with van der Waals surface area (Å²) in [6, 6.07) is 8.51. The van der Waals surface area contributed by atoms with Crippen LogP contribution in [-0.4, -0.2) is 23.6 Å². The summed E-state index contributed by atoms with van der Waals surface area (Å²) in [6.07, 6.45) is 3.71. The van der Waals surface area contributed by atoms with Gasteiger partial charge in [0, 0.05) is 12.5 Å². The lowest BCUT2D eigenvalue weighted by molar-refractivity contribution is -0.124. The normalized spacial score (nSPS) is 18.8. The molecule has 4 heteroatoms. The maximum absolute atomic E-state index is 11.8. The number of hydrogen-bond donors (Lipinski definition) is 2. The summed E-state index contributed by atoms with van der Waals surface area (Å²) in [4.78, 5) is 11.8. The summed E-state index contributed by atoms with van der Waals surface area (Å²) in [6.45, 7) is 5.97. The predicted molar refractivity (Wildman–Crippen MR) is 84.3 cm³/mol. The molecular weight excluding hydrogens is 264 g/mol. The van der Waals surface area contributed by atoms with Gasteiger partial charge in [-0.25, -0.2) is 0 Å². The zero-order valence-corrected chi connectivity index (χ0v) is 13.2. The van der Waals surface area contributed by atoms with E-state index in [0.717, 1.165) is 25.0 Å². The van der Waals surface area contributed by atoms with Gasteiger partial charge in [-0.15, -0.1) is 0 Å². The predicted octanol–water partition coefficient (Wildman–Crippen LogP) is 2.40. The van der Waals surface area contributed by atoms with Gasteiger partial charge in [0.05, 0.1) is 11.6 Å². The average Bonchev–Trinajstić information content (AvgIpc) is 3.22. The Morgan fingerprint density at radius 2 is 2.24 bits per heavy atom. The number of aryl methyl sites for hydroxylation is 1. The third-order valence-corrected chi connectivity index (χ3v) is 3.98. The molecule has 1 aliphatic carbocycles. The van der Waals surface area contributed by atoms with Crippen molar-refractivity contribution < 1.29 is 9.53 Å². The number of amides is 1. The van der Waals surface area contributed by atoms with Crippen LogP contribution in [0.25, 0.3) is 0 Å². The molecule has 3 N–H and O–H groups in total.